The van der Waals surface area contributed by atoms with Crippen molar-refractivity contribution >= 4 is 11.4 Å². The molecule has 4 rings (SSSR count). The van der Waals surface area contributed by atoms with Gasteiger partial charge in [0.2, 0.25) is 0 Å². The van der Waals surface area contributed by atoms with E-state index in [4.69, 9.17) is 14.5 Å². The van der Waals surface area contributed by atoms with Crippen LogP contribution in [-0.4, -0.2) is 40.0 Å². The number of alkyl halides is 3. The van der Waals surface area contributed by atoms with Crippen LogP contribution in [-0.2, 0) is 17.3 Å². The summed E-state index contributed by atoms with van der Waals surface area (Å²) in [7, 11) is 0. The van der Waals surface area contributed by atoms with E-state index < -0.39 is 17.7 Å². The van der Waals surface area contributed by atoms with Gasteiger partial charge in [0.15, 0.2) is 5.78 Å². The Labute approximate surface area is 183 Å². The lowest BCUT2D eigenvalue weighted by Crippen LogP contribution is -2.13. The fourth-order valence-electron chi connectivity index (χ4n) is 3.92. The maximum atomic E-state index is 13.0. The highest BCUT2D eigenvalue weighted by molar-refractivity contribution is 5.96. The number of ether oxygens (including phenoxy) is 2. The van der Waals surface area contributed by atoms with Gasteiger partial charge in [0.05, 0.1) is 18.9 Å². The summed E-state index contributed by atoms with van der Waals surface area (Å²) in [5, 5.41) is 0. The molecule has 1 saturated heterocycles. The standard InChI is InChI=1S/C23H24F3N3O3/c1-3-32-20-10-22-28-18(14(2)15-7-8-31-13-15)12-29(22)11-16(20)9-19(30)17-5-4-6-21(27-17)23(24,25)26/h4-6,10-12,14-15H,3,7-9,13H2,1-2H3/t14-,15+/m1/s1. The van der Waals surface area contributed by atoms with E-state index in [1.54, 1.807) is 12.3 Å². The molecule has 0 radical (unpaired) electrons. The quantitative estimate of drug-likeness (QED) is 0.491. The van der Waals surface area contributed by atoms with E-state index >= 15 is 0 Å². The maximum absolute atomic E-state index is 13.0. The number of hydrogen-bond acceptors (Lipinski definition) is 5. The van der Waals surface area contributed by atoms with Crippen LogP contribution in [0.15, 0.2) is 36.7 Å². The van der Waals surface area contributed by atoms with Crippen molar-refractivity contribution in [1.29, 1.82) is 0 Å². The van der Waals surface area contributed by atoms with Gasteiger partial charge in [0.25, 0.3) is 0 Å². The number of Topliss-reactive ketones (excluding diaryl/α,β-unsaturated/α-hetero) is 1. The maximum Gasteiger partial charge on any atom is 0.433 e. The third-order valence-corrected chi connectivity index (χ3v) is 5.77. The lowest BCUT2D eigenvalue weighted by molar-refractivity contribution is -0.141. The zero-order valence-electron chi connectivity index (χ0n) is 17.9. The molecule has 4 heterocycles. The van der Waals surface area contributed by atoms with Crippen molar-refractivity contribution in [2.45, 2.75) is 38.8 Å². The van der Waals surface area contributed by atoms with E-state index in [1.807, 2.05) is 17.5 Å². The largest absolute Gasteiger partial charge is 0.493 e. The molecular formula is C23H24F3N3O3. The molecule has 1 fully saturated rings. The summed E-state index contributed by atoms with van der Waals surface area (Å²) < 4.78 is 51.9. The number of rotatable bonds is 7. The zero-order valence-corrected chi connectivity index (χ0v) is 17.9. The van der Waals surface area contributed by atoms with E-state index in [9.17, 15) is 18.0 Å². The van der Waals surface area contributed by atoms with Crippen molar-refractivity contribution in [1.82, 2.24) is 14.4 Å². The summed E-state index contributed by atoms with van der Waals surface area (Å²) in [6.07, 6.45) is -0.0905. The number of hydrogen-bond donors (Lipinski definition) is 0. The first-order valence-electron chi connectivity index (χ1n) is 10.6. The molecule has 2 atom stereocenters. The normalized spacial score (nSPS) is 17.6. The number of pyridine rings is 2. The minimum absolute atomic E-state index is 0.140. The number of imidazole rings is 1. The third-order valence-electron chi connectivity index (χ3n) is 5.77. The second-order valence-electron chi connectivity index (χ2n) is 7.95. The smallest absolute Gasteiger partial charge is 0.433 e. The van der Waals surface area contributed by atoms with Crippen LogP contribution in [0.1, 0.15) is 53.6 Å². The number of carbonyl (C=O) groups excluding carboxylic acids is 1. The van der Waals surface area contributed by atoms with Crippen molar-refractivity contribution < 1.29 is 27.4 Å². The molecule has 0 amide bonds. The predicted molar refractivity (Wildman–Crippen MR) is 111 cm³/mol. The van der Waals surface area contributed by atoms with Crippen LogP contribution in [0.5, 0.6) is 5.75 Å². The summed E-state index contributed by atoms with van der Waals surface area (Å²) >= 11 is 0. The molecule has 1 aliphatic rings. The lowest BCUT2D eigenvalue weighted by atomic mass is 9.91. The van der Waals surface area contributed by atoms with Crippen LogP contribution < -0.4 is 4.74 Å². The molecule has 6 nitrogen and oxygen atoms in total. The predicted octanol–water partition coefficient (Wildman–Crippen LogP) is 4.71. The van der Waals surface area contributed by atoms with Gasteiger partial charge in [-0.05, 0) is 31.4 Å². The van der Waals surface area contributed by atoms with Crippen molar-refractivity contribution in [2.24, 2.45) is 5.92 Å². The van der Waals surface area contributed by atoms with Crippen LogP contribution in [0.25, 0.3) is 5.65 Å². The van der Waals surface area contributed by atoms with Crippen LogP contribution in [0, 0.1) is 5.92 Å². The summed E-state index contributed by atoms with van der Waals surface area (Å²) in [6, 6.07) is 5.08. The first-order chi connectivity index (χ1) is 15.3. The Morgan fingerprint density at radius 1 is 1.31 bits per heavy atom. The van der Waals surface area contributed by atoms with Gasteiger partial charge in [0, 0.05) is 43.0 Å². The van der Waals surface area contributed by atoms with Gasteiger partial charge in [-0.15, -0.1) is 0 Å². The fourth-order valence-corrected chi connectivity index (χ4v) is 3.92. The molecule has 9 heteroatoms. The number of ketones is 1. The molecule has 0 aliphatic carbocycles. The van der Waals surface area contributed by atoms with Crippen molar-refractivity contribution in [3.05, 3.63) is 59.3 Å². The van der Waals surface area contributed by atoms with Gasteiger partial charge < -0.3 is 13.9 Å². The number of nitrogens with zero attached hydrogens (tertiary/aromatic N) is 3. The fraction of sp³-hybridized carbons (Fsp3) is 0.435. The molecule has 0 saturated carbocycles. The molecule has 1 aliphatic heterocycles. The molecule has 32 heavy (non-hydrogen) atoms. The number of carbonyl (C=O) groups is 1. The Kier molecular flexibility index (Phi) is 6.19. The number of halogens is 3. The molecule has 3 aromatic rings. The average Bonchev–Trinajstić information content (AvgIpc) is 3.43. The monoisotopic (exact) mass is 447 g/mol. The molecule has 0 bridgehead atoms. The highest BCUT2D eigenvalue weighted by Gasteiger charge is 2.33. The Morgan fingerprint density at radius 2 is 2.12 bits per heavy atom. The average molecular weight is 447 g/mol. The van der Waals surface area contributed by atoms with E-state index in [2.05, 4.69) is 11.9 Å². The number of fused-ring (bicyclic) bond motifs is 1. The SMILES string of the molecule is CCOc1cc2nc([C@H](C)[C@H]3CCOC3)cn2cc1CC(=O)c1cccc(C(F)(F)F)n1. The number of aromatic nitrogens is 3. The van der Waals surface area contributed by atoms with E-state index in [0.717, 1.165) is 24.8 Å². The highest BCUT2D eigenvalue weighted by Crippen LogP contribution is 2.32. The Bertz CT molecular complexity index is 1120. The van der Waals surface area contributed by atoms with Gasteiger partial charge in [0.1, 0.15) is 22.8 Å². The minimum Gasteiger partial charge on any atom is -0.493 e. The van der Waals surface area contributed by atoms with E-state index in [0.29, 0.717) is 36.1 Å². The topological polar surface area (TPSA) is 65.7 Å². The molecule has 170 valence electrons. The minimum atomic E-state index is -4.61. The van der Waals surface area contributed by atoms with Crippen molar-refractivity contribution in [2.75, 3.05) is 19.8 Å². The molecule has 3 aromatic heterocycles. The lowest BCUT2D eigenvalue weighted by Gasteiger charge is -2.14. The summed E-state index contributed by atoms with van der Waals surface area (Å²) in [5.41, 5.74) is 0.842. The van der Waals surface area contributed by atoms with E-state index in [1.165, 1.54) is 12.1 Å². The Morgan fingerprint density at radius 3 is 2.81 bits per heavy atom. The summed E-state index contributed by atoms with van der Waals surface area (Å²) in [6.45, 7) is 5.79. The second-order valence-corrected chi connectivity index (χ2v) is 7.95. The summed E-state index contributed by atoms with van der Waals surface area (Å²) in [4.78, 5) is 21.0. The van der Waals surface area contributed by atoms with Gasteiger partial charge in [-0.2, -0.15) is 13.2 Å². The van der Waals surface area contributed by atoms with Crippen LogP contribution in [0.3, 0.4) is 0 Å². The zero-order chi connectivity index (χ0) is 22.9. The van der Waals surface area contributed by atoms with Gasteiger partial charge in [-0.1, -0.05) is 13.0 Å². The van der Waals surface area contributed by atoms with Gasteiger partial charge in [-0.25, -0.2) is 9.97 Å². The molecule has 0 unspecified atom stereocenters. The summed E-state index contributed by atoms with van der Waals surface area (Å²) in [5.74, 6) is 0.578. The van der Waals surface area contributed by atoms with Crippen LogP contribution in [0.4, 0.5) is 13.2 Å². The molecular weight excluding hydrogens is 423 g/mol. The van der Waals surface area contributed by atoms with Crippen molar-refractivity contribution in [3.8, 4) is 5.75 Å². The Hall–Kier alpha value is -2.94. The molecule has 0 N–H and O–H groups in total. The first kappa shape index (κ1) is 22.3. The van der Waals surface area contributed by atoms with Gasteiger partial charge >= 0.3 is 6.18 Å². The molecule has 0 spiro atoms. The van der Waals surface area contributed by atoms with Crippen LogP contribution >= 0.6 is 0 Å². The van der Waals surface area contributed by atoms with Crippen LogP contribution in [0.2, 0.25) is 0 Å². The second kappa shape index (κ2) is 8.90. The van der Waals surface area contributed by atoms with Gasteiger partial charge in [-0.3, -0.25) is 4.79 Å². The Balaban J connectivity index is 1.63. The van der Waals surface area contributed by atoms with Crippen molar-refractivity contribution in [3.63, 3.8) is 0 Å². The highest BCUT2D eigenvalue weighted by atomic mass is 19.4. The molecule has 0 aromatic carbocycles. The third kappa shape index (κ3) is 4.62. The first-order valence-corrected chi connectivity index (χ1v) is 10.6. The van der Waals surface area contributed by atoms with E-state index in [-0.39, 0.29) is 18.0 Å².